The zero-order valence-electron chi connectivity index (χ0n) is 11.1. The van der Waals surface area contributed by atoms with Crippen LogP contribution in [0.1, 0.15) is 18.4 Å². The molecule has 3 rings (SSSR count). The summed E-state index contributed by atoms with van der Waals surface area (Å²) >= 11 is 0. The van der Waals surface area contributed by atoms with Gasteiger partial charge in [-0.25, -0.2) is 0 Å². The highest BCUT2D eigenvalue weighted by Crippen LogP contribution is 2.36. The molecule has 1 aliphatic heterocycles. The minimum atomic E-state index is 0.741. The highest BCUT2D eigenvalue weighted by atomic mass is 16.5. The summed E-state index contributed by atoms with van der Waals surface area (Å²) in [7, 11) is 1.73. The van der Waals surface area contributed by atoms with Gasteiger partial charge >= 0.3 is 0 Å². The van der Waals surface area contributed by atoms with E-state index in [1.165, 1.54) is 24.9 Å². The smallest absolute Gasteiger partial charge is 0.119 e. The molecule has 3 heteroatoms. The van der Waals surface area contributed by atoms with E-state index < -0.39 is 0 Å². The average Bonchev–Trinajstić information content (AvgIpc) is 3.24. The van der Waals surface area contributed by atoms with Crippen LogP contribution in [-0.2, 0) is 6.54 Å². The Hall–Kier alpha value is -1.06. The van der Waals surface area contributed by atoms with E-state index in [9.17, 15) is 0 Å². The van der Waals surface area contributed by atoms with Gasteiger partial charge in [0.05, 0.1) is 7.11 Å². The molecule has 1 saturated carbocycles. The molecule has 2 fully saturated rings. The zero-order valence-corrected chi connectivity index (χ0v) is 11.1. The standard InChI is InChI=1S/C15H22N2O/c1-18-14-4-2-3-12(9-14)11-17-8-7-16-10-15(17)13-5-6-13/h2-4,9,13,15-16H,5-8,10-11H2,1H3. The first-order valence-electron chi connectivity index (χ1n) is 6.94. The monoisotopic (exact) mass is 246 g/mol. The van der Waals surface area contributed by atoms with Gasteiger partial charge in [0.2, 0.25) is 0 Å². The SMILES string of the molecule is COc1cccc(CN2CCNCC2C2CC2)c1. The fourth-order valence-corrected chi connectivity index (χ4v) is 2.91. The van der Waals surface area contributed by atoms with Crippen molar-refractivity contribution in [2.24, 2.45) is 5.92 Å². The fraction of sp³-hybridized carbons (Fsp3) is 0.600. The van der Waals surface area contributed by atoms with Crippen LogP contribution in [0, 0.1) is 5.92 Å². The number of nitrogens with zero attached hydrogens (tertiary/aromatic N) is 1. The summed E-state index contributed by atoms with van der Waals surface area (Å²) in [4.78, 5) is 2.64. The summed E-state index contributed by atoms with van der Waals surface area (Å²) in [6, 6.07) is 9.20. The maximum Gasteiger partial charge on any atom is 0.119 e. The first kappa shape index (κ1) is 12.0. The highest BCUT2D eigenvalue weighted by Gasteiger charge is 2.36. The van der Waals surface area contributed by atoms with Gasteiger partial charge in [0.1, 0.15) is 5.75 Å². The van der Waals surface area contributed by atoms with Gasteiger partial charge in [0, 0.05) is 32.2 Å². The van der Waals surface area contributed by atoms with Gasteiger partial charge < -0.3 is 10.1 Å². The predicted octanol–water partition coefficient (Wildman–Crippen LogP) is 1.88. The van der Waals surface area contributed by atoms with Crippen LogP contribution in [0.3, 0.4) is 0 Å². The Balaban J connectivity index is 1.69. The number of hydrogen-bond donors (Lipinski definition) is 1. The summed E-state index contributed by atoms with van der Waals surface area (Å²) in [6.07, 6.45) is 2.84. The molecule has 0 spiro atoms. The van der Waals surface area contributed by atoms with E-state index in [0.29, 0.717) is 0 Å². The Kier molecular flexibility index (Phi) is 3.52. The number of methoxy groups -OCH3 is 1. The minimum absolute atomic E-state index is 0.741. The van der Waals surface area contributed by atoms with E-state index in [-0.39, 0.29) is 0 Å². The quantitative estimate of drug-likeness (QED) is 0.878. The normalized spacial score (nSPS) is 25.1. The van der Waals surface area contributed by atoms with Crippen LogP contribution in [0.2, 0.25) is 0 Å². The maximum absolute atomic E-state index is 5.30. The van der Waals surface area contributed by atoms with E-state index in [1.54, 1.807) is 7.11 Å². The summed E-state index contributed by atoms with van der Waals surface area (Å²) in [5.74, 6) is 1.90. The maximum atomic E-state index is 5.30. The number of rotatable bonds is 4. The van der Waals surface area contributed by atoms with Crippen molar-refractivity contribution >= 4 is 0 Å². The van der Waals surface area contributed by atoms with Gasteiger partial charge in [-0.1, -0.05) is 12.1 Å². The molecule has 3 nitrogen and oxygen atoms in total. The van der Waals surface area contributed by atoms with Gasteiger partial charge in [-0.05, 0) is 36.5 Å². The minimum Gasteiger partial charge on any atom is -0.497 e. The van der Waals surface area contributed by atoms with E-state index in [4.69, 9.17) is 4.74 Å². The first-order valence-corrected chi connectivity index (χ1v) is 6.94. The summed E-state index contributed by atoms with van der Waals surface area (Å²) < 4.78 is 5.30. The Morgan fingerprint density at radius 3 is 3.06 bits per heavy atom. The van der Waals surface area contributed by atoms with Crippen molar-refractivity contribution < 1.29 is 4.74 Å². The van der Waals surface area contributed by atoms with Crippen molar-refractivity contribution in [3.05, 3.63) is 29.8 Å². The van der Waals surface area contributed by atoms with Crippen molar-refractivity contribution in [1.29, 1.82) is 0 Å². The Bertz CT molecular complexity index is 403. The topological polar surface area (TPSA) is 24.5 Å². The van der Waals surface area contributed by atoms with Crippen molar-refractivity contribution in [2.45, 2.75) is 25.4 Å². The molecule has 1 atom stereocenters. The van der Waals surface area contributed by atoms with E-state index in [2.05, 4.69) is 28.4 Å². The zero-order chi connectivity index (χ0) is 12.4. The first-order chi connectivity index (χ1) is 8.86. The molecule has 1 unspecified atom stereocenters. The summed E-state index contributed by atoms with van der Waals surface area (Å²) in [5, 5.41) is 3.53. The van der Waals surface area contributed by atoms with Gasteiger partial charge in [-0.15, -0.1) is 0 Å². The van der Waals surface area contributed by atoms with Crippen LogP contribution >= 0.6 is 0 Å². The van der Waals surface area contributed by atoms with Gasteiger partial charge in [-0.2, -0.15) is 0 Å². The fourth-order valence-electron chi connectivity index (χ4n) is 2.91. The highest BCUT2D eigenvalue weighted by molar-refractivity contribution is 5.28. The van der Waals surface area contributed by atoms with Crippen molar-refractivity contribution in [3.63, 3.8) is 0 Å². The molecular formula is C15H22N2O. The van der Waals surface area contributed by atoms with Gasteiger partial charge in [0.15, 0.2) is 0 Å². The summed E-state index contributed by atoms with van der Waals surface area (Å²) in [6.45, 7) is 4.50. The second-order valence-corrected chi connectivity index (χ2v) is 5.43. The lowest BCUT2D eigenvalue weighted by molar-refractivity contribution is 0.135. The molecule has 1 aromatic carbocycles. The second-order valence-electron chi connectivity index (χ2n) is 5.43. The molecule has 0 amide bonds. The summed E-state index contributed by atoms with van der Waals surface area (Å²) in [5.41, 5.74) is 1.36. The van der Waals surface area contributed by atoms with Crippen LogP contribution in [0.4, 0.5) is 0 Å². The van der Waals surface area contributed by atoms with Crippen molar-refractivity contribution in [1.82, 2.24) is 10.2 Å². The van der Waals surface area contributed by atoms with Crippen LogP contribution in [0.5, 0.6) is 5.75 Å². The molecule has 0 bridgehead atoms. The lowest BCUT2D eigenvalue weighted by atomic mass is 10.1. The largest absolute Gasteiger partial charge is 0.497 e. The lowest BCUT2D eigenvalue weighted by Gasteiger charge is -2.36. The third-order valence-corrected chi connectivity index (χ3v) is 4.08. The predicted molar refractivity (Wildman–Crippen MR) is 72.8 cm³/mol. The van der Waals surface area contributed by atoms with Crippen LogP contribution in [0.15, 0.2) is 24.3 Å². The molecule has 98 valence electrons. The molecule has 1 saturated heterocycles. The average molecular weight is 246 g/mol. The van der Waals surface area contributed by atoms with Gasteiger partial charge in [0.25, 0.3) is 0 Å². The third-order valence-electron chi connectivity index (χ3n) is 4.08. The lowest BCUT2D eigenvalue weighted by Crippen LogP contribution is -2.51. The number of ether oxygens (including phenoxy) is 1. The molecule has 1 N–H and O–H groups in total. The molecule has 1 aromatic rings. The van der Waals surface area contributed by atoms with Crippen LogP contribution < -0.4 is 10.1 Å². The molecule has 1 aliphatic carbocycles. The number of hydrogen-bond acceptors (Lipinski definition) is 3. The van der Waals surface area contributed by atoms with Gasteiger partial charge in [-0.3, -0.25) is 4.90 Å². The molecule has 0 radical (unpaired) electrons. The molecule has 1 heterocycles. The van der Waals surface area contributed by atoms with Crippen LogP contribution in [0.25, 0.3) is 0 Å². The second kappa shape index (κ2) is 5.29. The van der Waals surface area contributed by atoms with Crippen molar-refractivity contribution in [2.75, 3.05) is 26.7 Å². The Morgan fingerprint density at radius 1 is 1.39 bits per heavy atom. The van der Waals surface area contributed by atoms with E-state index in [1.807, 2.05) is 6.07 Å². The Labute approximate surface area is 109 Å². The van der Waals surface area contributed by atoms with Crippen molar-refractivity contribution in [3.8, 4) is 5.75 Å². The van der Waals surface area contributed by atoms with E-state index in [0.717, 1.165) is 37.3 Å². The molecule has 2 aliphatic rings. The number of piperazine rings is 1. The molecular weight excluding hydrogens is 224 g/mol. The molecule has 0 aromatic heterocycles. The number of benzene rings is 1. The molecule has 18 heavy (non-hydrogen) atoms. The Morgan fingerprint density at radius 2 is 2.28 bits per heavy atom. The van der Waals surface area contributed by atoms with Crippen LogP contribution in [-0.4, -0.2) is 37.7 Å². The third kappa shape index (κ3) is 2.68. The number of nitrogens with one attached hydrogen (secondary N) is 1. The van der Waals surface area contributed by atoms with E-state index >= 15 is 0 Å².